The first-order valence-electron chi connectivity index (χ1n) is 13.4. The van der Waals surface area contributed by atoms with Crippen molar-refractivity contribution < 1.29 is 74.1 Å². The summed E-state index contributed by atoms with van der Waals surface area (Å²) in [5.41, 5.74) is -0.380. The Hall–Kier alpha value is -3.55. The lowest BCUT2D eigenvalue weighted by Gasteiger charge is -2.42. The number of phenols is 2. The lowest BCUT2D eigenvalue weighted by atomic mass is 9.98. The summed E-state index contributed by atoms with van der Waals surface area (Å²) in [6.07, 6.45) is -16.6. The Morgan fingerprint density at radius 2 is 1.43 bits per heavy atom. The lowest BCUT2D eigenvalue weighted by Crippen LogP contribution is -2.62. The monoisotopic (exact) mass is 624 g/mol. The number of aromatic hydroxyl groups is 2. The van der Waals surface area contributed by atoms with Crippen LogP contribution in [0.1, 0.15) is 0 Å². The van der Waals surface area contributed by atoms with Gasteiger partial charge in [0.05, 0.1) is 20.3 Å². The molecule has 0 unspecified atom stereocenters. The van der Waals surface area contributed by atoms with Crippen LogP contribution in [0.4, 0.5) is 0 Å². The number of fused-ring (bicyclic) bond motifs is 1. The number of aliphatic hydroxyl groups excluding tert-OH is 7. The van der Waals surface area contributed by atoms with Crippen molar-refractivity contribution in [3.8, 4) is 34.3 Å². The van der Waals surface area contributed by atoms with E-state index in [9.17, 15) is 50.8 Å². The van der Waals surface area contributed by atoms with Crippen molar-refractivity contribution >= 4 is 11.0 Å². The Bertz CT molecular complexity index is 1520. The van der Waals surface area contributed by atoms with Crippen molar-refractivity contribution in [1.29, 1.82) is 0 Å². The quantitative estimate of drug-likeness (QED) is 0.130. The van der Waals surface area contributed by atoms with E-state index in [4.69, 9.17) is 28.1 Å². The van der Waals surface area contributed by atoms with Gasteiger partial charge in [0, 0.05) is 23.8 Å². The Morgan fingerprint density at radius 1 is 0.773 bits per heavy atom. The number of methoxy groups -OCH3 is 1. The largest absolute Gasteiger partial charge is 0.508 e. The molecule has 2 fully saturated rings. The normalized spacial score (nSPS) is 32.5. The number of phenolic OH excluding ortho intramolecular Hbond substituents is 2. The molecule has 16 nitrogen and oxygen atoms in total. The minimum atomic E-state index is -1.86. The molecule has 0 amide bonds. The molecule has 3 heterocycles. The summed E-state index contributed by atoms with van der Waals surface area (Å²) in [6, 6.07) is 7.59. The minimum absolute atomic E-state index is 0.0650. The van der Waals surface area contributed by atoms with Crippen LogP contribution in [0.2, 0.25) is 0 Å². The van der Waals surface area contributed by atoms with E-state index in [1.165, 1.54) is 25.3 Å². The zero-order valence-corrected chi connectivity index (χ0v) is 23.0. The van der Waals surface area contributed by atoms with Crippen LogP contribution in [0.25, 0.3) is 22.3 Å². The van der Waals surface area contributed by atoms with Gasteiger partial charge in [-0.1, -0.05) is 0 Å². The molecule has 2 aliphatic heterocycles. The average Bonchev–Trinajstić information content (AvgIpc) is 3.00. The molecule has 0 saturated carbocycles. The highest BCUT2D eigenvalue weighted by atomic mass is 16.7. The first-order chi connectivity index (χ1) is 20.9. The van der Waals surface area contributed by atoms with Gasteiger partial charge in [-0.25, -0.2) is 0 Å². The molecular formula is C28H32O16. The molecule has 2 saturated heterocycles. The van der Waals surface area contributed by atoms with E-state index in [0.29, 0.717) is 5.56 Å². The molecule has 0 bridgehead atoms. The molecule has 0 radical (unpaired) electrons. The molecule has 240 valence electrons. The highest BCUT2D eigenvalue weighted by Crippen LogP contribution is 2.36. The maximum atomic E-state index is 13.2. The third-order valence-electron chi connectivity index (χ3n) is 7.43. The standard InChI is InChI=1S/C28H32O16/c1-39-15-4-10(2-3-12(15)31)14-7-13(32)20-16(41-14)5-11(30)6-17(20)42-28-26(38)24(36)22(34)19(44-28)9-40-27-25(37)23(35)21(33)18(8-29)43-27/h2-7,18-19,21-31,33-38H,8-9H2,1H3/t18-,19-,21-,22-,23+,24+,25-,26-,27-,28-/m1/s1. The highest BCUT2D eigenvalue weighted by Gasteiger charge is 2.48. The molecule has 0 aliphatic carbocycles. The molecule has 16 heteroatoms. The molecule has 3 aromatic rings. The third kappa shape index (κ3) is 6.04. The predicted molar refractivity (Wildman–Crippen MR) is 145 cm³/mol. The fourth-order valence-electron chi connectivity index (χ4n) is 4.98. The number of rotatable bonds is 8. The molecule has 1 aromatic heterocycles. The van der Waals surface area contributed by atoms with Gasteiger partial charge >= 0.3 is 0 Å². The zero-order valence-electron chi connectivity index (χ0n) is 23.0. The summed E-state index contributed by atoms with van der Waals surface area (Å²) in [7, 11) is 1.35. The second-order valence-corrected chi connectivity index (χ2v) is 10.3. The lowest BCUT2D eigenvalue weighted by molar-refractivity contribution is -0.323. The molecular weight excluding hydrogens is 592 g/mol. The highest BCUT2D eigenvalue weighted by molar-refractivity contribution is 5.86. The summed E-state index contributed by atoms with van der Waals surface area (Å²) < 4.78 is 32.9. The van der Waals surface area contributed by atoms with E-state index >= 15 is 0 Å². The zero-order chi connectivity index (χ0) is 31.9. The number of hydrogen-bond acceptors (Lipinski definition) is 16. The molecule has 5 rings (SSSR count). The molecule has 2 aliphatic rings. The van der Waals surface area contributed by atoms with Gasteiger partial charge in [0.2, 0.25) is 6.29 Å². The van der Waals surface area contributed by atoms with Gasteiger partial charge in [0.1, 0.15) is 77.1 Å². The van der Waals surface area contributed by atoms with Gasteiger partial charge in [-0.2, -0.15) is 0 Å². The Labute approximate surface area is 248 Å². The summed E-state index contributed by atoms with van der Waals surface area (Å²) in [4.78, 5) is 13.2. The van der Waals surface area contributed by atoms with Crippen LogP contribution < -0.4 is 14.9 Å². The first kappa shape index (κ1) is 31.9. The Balaban J connectivity index is 1.38. The van der Waals surface area contributed by atoms with E-state index in [1.807, 2.05) is 0 Å². The van der Waals surface area contributed by atoms with E-state index in [2.05, 4.69) is 0 Å². The second kappa shape index (κ2) is 12.8. The maximum Gasteiger partial charge on any atom is 0.229 e. The van der Waals surface area contributed by atoms with Crippen LogP contribution in [-0.4, -0.2) is 128 Å². The van der Waals surface area contributed by atoms with E-state index in [0.717, 1.165) is 18.2 Å². The molecule has 44 heavy (non-hydrogen) atoms. The number of aliphatic hydroxyl groups is 7. The minimum Gasteiger partial charge on any atom is -0.508 e. The second-order valence-electron chi connectivity index (χ2n) is 10.3. The maximum absolute atomic E-state index is 13.2. The van der Waals surface area contributed by atoms with Crippen LogP contribution in [-0.2, 0) is 14.2 Å². The summed E-state index contributed by atoms with van der Waals surface area (Å²) in [5.74, 6) is -0.646. The smallest absolute Gasteiger partial charge is 0.229 e. The van der Waals surface area contributed by atoms with Gasteiger partial charge in [-0.3, -0.25) is 4.79 Å². The number of hydrogen-bond donors (Lipinski definition) is 9. The summed E-state index contributed by atoms with van der Waals surface area (Å²) in [6.45, 7) is -1.31. The van der Waals surface area contributed by atoms with Crippen molar-refractivity contribution in [3.05, 3.63) is 46.6 Å². The van der Waals surface area contributed by atoms with Crippen LogP contribution in [0.3, 0.4) is 0 Å². The third-order valence-corrected chi connectivity index (χ3v) is 7.43. The van der Waals surface area contributed by atoms with Crippen molar-refractivity contribution in [2.75, 3.05) is 20.3 Å². The topological polar surface area (TPSA) is 258 Å². The molecule has 0 spiro atoms. The van der Waals surface area contributed by atoms with Gasteiger partial charge < -0.3 is 74.1 Å². The van der Waals surface area contributed by atoms with Crippen molar-refractivity contribution in [2.45, 2.75) is 61.4 Å². The SMILES string of the molecule is COc1cc(-c2cc(=O)c3c(O[C@@H]4O[C@H](CO[C@@H]5O[C@H](CO)[C@@H](O)[C@H](O)[C@H]5O)[C@@H](O)[C@H](O)[C@H]4O)cc(O)cc3o2)ccc1O. The van der Waals surface area contributed by atoms with Gasteiger partial charge in [-0.05, 0) is 18.2 Å². The van der Waals surface area contributed by atoms with Crippen molar-refractivity contribution in [2.24, 2.45) is 0 Å². The van der Waals surface area contributed by atoms with E-state index in [1.54, 1.807) is 0 Å². The first-order valence-corrected chi connectivity index (χ1v) is 13.4. The number of benzene rings is 2. The molecule has 2 aromatic carbocycles. The average molecular weight is 625 g/mol. The summed E-state index contributed by atoms with van der Waals surface area (Å²) in [5, 5.41) is 91.1. The van der Waals surface area contributed by atoms with Crippen LogP contribution in [0, 0.1) is 0 Å². The van der Waals surface area contributed by atoms with Gasteiger partial charge in [-0.15, -0.1) is 0 Å². The van der Waals surface area contributed by atoms with E-state index in [-0.39, 0.29) is 34.0 Å². The predicted octanol–water partition coefficient (Wildman–Crippen LogP) is -2.12. The van der Waals surface area contributed by atoms with Crippen LogP contribution in [0.15, 0.2) is 45.6 Å². The fourth-order valence-corrected chi connectivity index (χ4v) is 4.98. The van der Waals surface area contributed by atoms with Crippen LogP contribution >= 0.6 is 0 Å². The fraction of sp³-hybridized carbons (Fsp3) is 0.464. The van der Waals surface area contributed by atoms with Gasteiger partial charge in [0.15, 0.2) is 23.2 Å². The molecule has 10 atom stereocenters. The van der Waals surface area contributed by atoms with E-state index < -0.39 is 85.8 Å². The van der Waals surface area contributed by atoms with Crippen LogP contribution in [0.5, 0.6) is 23.0 Å². The Kier molecular flexibility index (Phi) is 9.28. The Morgan fingerprint density at radius 3 is 2.11 bits per heavy atom. The molecule has 9 N–H and O–H groups in total. The van der Waals surface area contributed by atoms with Crippen molar-refractivity contribution in [3.63, 3.8) is 0 Å². The summed E-state index contributed by atoms with van der Waals surface area (Å²) >= 11 is 0. The van der Waals surface area contributed by atoms with Crippen molar-refractivity contribution in [1.82, 2.24) is 0 Å². The van der Waals surface area contributed by atoms with Gasteiger partial charge in [0.25, 0.3) is 0 Å². The number of ether oxygens (including phenoxy) is 5.